The lowest BCUT2D eigenvalue weighted by molar-refractivity contribution is -0.142. The second kappa shape index (κ2) is 10.6. The molecule has 6 nitrogen and oxygen atoms in total. The number of esters is 2. The number of carbonyl (C=O) groups is 2. The van der Waals surface area contributed by atoms with Crippen LogP contribution in [0.5, 0.6) is 5.75 Å². The second-order valence-corrected chi connectivity index (χ2v) is 9.59. The summed E-state index contributed by atoms with van der Waals surface area (Å²) in [6.07, 6.45) is -2.95. The molecule has 1 heterocycles. The van der Waals surface area contributed by atoms with E-state index in [2.05, 4.69) is 0 Å². The van der Waals surface area contributed by atoms with Gasteiger partial charge in [0.05, 0.1) is 21.1 Å². The third-order valence-electron chi connectivity index (χ3n) is 6.04. The number of fused-ring (bicyclic) bond motifs is 1. The van der Waals surface area contributed by atoms with E-state index in [1.54, 1.807) is 36.4 Å². The Morgan fingerprint density at radius 1 is 1.23 bits per heavy atom. The van der Waals surface area contributed by atoms with Crippen molar-refractivity contribution in [1.29, 1.82) is 0 Å². The van der Waals surface area contributed by atoms with Gasteiger partial charge in [0.25, 0.3) is 0 Å². The highest BCUT2D eigenvalue weighted by Gasteiger charge is 2.50. The van der Waals surface area contributed by atoms with Gasteiger partial charge < -0.3 is 19.3 Å². The maximum atomic E-state index is 13.0. The summed E-state index contributed by atoms with van der Waals surface area (Å²) >= 11 is 1.86. The van der Waals surface area contributed by atoms with Gasteiger partial charge in [-0.1, -0.05) is 30.4 Å². The zero-order valence-electron chi connectivity index (χ0n) is 18.3. The van der Waals surface area contributed by atoms with Crippen molar-refractivity contribution in [3.63, 3.8) is 0 Å². The first-order chi connectivity index (χ1) is 16.6. The third kappa shape index (κ3) is 6.16. The standard InChI is InChI=1S/C25H22F3IO6/c26-25(27,28)15-6-9-19(29)22(10-15)33-13-16(30)7-8-17-18-11-23(31)34-21(18)12-20(17)35-24(32)14-4-2-1-3-5-14/h1-10,16-18,20-21,30H,11-13H2/b8-7+/t16?,17-,18-,20-,21+/m0/s1. The Kier molecular flexibility index (Phi) is 7.70. The van der Waals surface area contributed by atoms with Crippen molar-refractivity contribution in [2.24, 2.45) is 11.8 Å². The molecule has 1 aliphatic heterocycles. The van der Waals surface area contributed by atoms with E-state index >= 15 is 0 Å². The fourth-order valence-electron chi connectivity index (χ4n) is 4.35. The van der Waals surface area contributed by atoms with Gasteiger partial charge in [0, 0.05) is 18.3 Å². The lowest BCUT2D eigenvalue weighted by atomic mass is 9.91. The van der Waals surface area contributed by atoms with Crippen LogP contribution in [0.1, 0.15) is 28.8 Å². The highest BCUT2D eigenvalue weighted by molar-refractivity contribution is 14.1. The number of carbonyl (C=O) groups excluding carboxylic acids is 2. The van der Waals surface area contributed by atoms with Gasteiger partial charge in [-0.15, -0.1) is 0 Å². The number of aliphatic hydroxyl groups excluding tert-OH is 1. The molecule has 1 saturated heterocycles. The maximum Gasteiger partial charge on any atom is 0.416 e. The van der Waals surface area contributed by atoms with Crippen LogP contribution in [0, 0.1) is 15.4 Å². The van der Waals surface area contributed by atoms with Gasteiger partial charge in [0.2, 0.25) is 0 Å². The van der Waals surface area contributed by atoms with Crippen LogP contribution in [0.15, 0.2) is 60.7 Å². The summed E-state index contributed by atoms with van der Waals surface area (Å²) in [7, 11) is 0. The molecule has 0 bridgehead atoms. The molecule has 10 heteroatoms. The van der Waals surface area contributed by atoms with Crippen LogP contribution in [0.2, 0.25) is 0 Å². The Hall–Kier alpha value is -2.60. The first-order valence-electron chi connectivity index (χ1n) is 10.9. The van der Waals surface area contributed by atoms with E-state index in [1.165, 1.54) is 12.1 Å². The molecule has 2 aliphatic rings. The van der Waals surface area contributed by atoms with Crippen molar-refractivity contribution in [2.75, 3.05) is 6.61 Å². The molecular weight excluding hydrogens is 580 g/mol. The average molecular weight is 602 g/mol. The van der Waals surface area contributed by atoms with Crippen LogP contribution in [0.25, 0.3) is 0 Å². The molecule has 2 aromatic carbocycles. The topological polar surface area (TPSA) is 82.1 Å². The SMILES string of the molecule is O=C1C[C@H]2[C@H](/C=C/C(O)COc3cc(C(F)(F)F)ccc3I)[C@@H](OC(=O)c3ccccc3)C[C@H]2O1. The molecule has 186 valence electrons. The Balaban J connectivity index is 1.42. The minimum atomic E-state index is -4.51. The summed E-state index contributed by atoms with van der Waals surface area (Å²) in [5, 5.41) is 10.4. The van der Waals surface area contributed by atoms with E-state index in [0.29, 0.717) is 15.6 Å². The van der Waals surface area contributed by atoms with Crippen LogP contribution in [-0.4, -0.2) is 42.0 Å². The number of halogens is 4. The van der Waals surface area contributed by atoms with Gasteiger partial charge in [-0.05, 0) is 52.9 Å². The van der Waals surface area contributed by atoms with Crippen molar-refractivity contribution in [1.82, 2.24) is 0 Å². The molecule has 1 N–H and O–H groups in total. The molecule has 0 amide bonds. The van der Waals surface area contributed by atoms with E-state index in [9.17, 15) is 27.9 Å². The fourth-order valence-corrected chi connectivity index (χ4v) is 4.84. The maximum absolute atomic E-state index is 13.0. The predicted molar refractivity (Wildman–Crippen MR) is 127 cm³/mol. The molecular formula is C25H22F3IO6. The molecule has 1 unspecified atom stereocenters. The highest BCUT2D eigenvalue weighted by atomic mass is 127. The van der Waals surface area contributed by atoms with Gasteiger partial charge in [0.1, 0.15) is 30.7 Å². The molecule has 1 saturated carbocycles. The molecule has 5 atom stereocenters. The van der Waals surface area contributed by atoms with Gasteiger partial charge in [-0.3, -0.25) is 4.79 Å². The Morgan fingerprint density at radius 3 is 2.69 bits per heavy atom. The number of benzene rings is 2. The quantitative estimate of drug-likeness (QED) is 0.279. The Bertz CT molecular complexity index is 1100. The zero-order chi connectivity index (χ0) is 25.2. The lowest BCUT2D eigenvalue weighted by Crippen LogP contribution is -2.25. The number of ether oxygens (including phenoxy) is 3. The third-order valence-corrected chi connectivity index (χ3v) is 6.93. The van der Waals surface area contributed by atoms with Crippen molar-refractivity contribution >= 4 is 34.5 Å². The van der Waals surface area contributed by atoms with E-state index in [-0.39, 0.29) is 42.7 Å². The van der Waals surface area contributed by atoms with Gasteiger partial charge in [-0.25, -0.2) is 4.79 Å². The first-order valence-corrected chi connectivity index (χ1v) is 12.0. The van der Waals surface area contributed by atoms with Crippen LogP contribution in [0.4, 0.5) is 13.2 Å². The van der Waals surface area contributed by atoms with Crippen LogP contribution < -0.4 is 4.74 Å². The van der Waals surface area contributed by atoms with Crippen molar-refractivity contribution in [2.45, 2.75) is 37.3 Å². The van der Waals surface area contributed by atoms with Crippen molar-refractivity contribution in [3.05, 3.63) is 75.4 Å². The van der Waals surface area contributed by atoms with E-state index in [4.69, 9.17) is 14.2 Å². The molecule has 0 radical (unpaired) electrons. The highest BCUT2D eigenvalue weighted by Crippen LogP contribution is 2.43. The molecule has 4 rings (SSSR count). The number of hydrogen-bond acceptors (Lipinski definition) is 6. The summed E-state index contributed by atoms with van der Waals surface area (Å²) < 4.78 is 55.9. The minimum absolute atomic E-state index is 0.0123. The molecule has 2 aromatic rings. The predicted octanol–water partition coefficient (Wildman–Crippen LogP) is 4.78. The van der Waals surface area contributed by atoms with Gasteiger partial charge in [0.15, 0.2) is 0 Å². The van der Waals surface area contributed by atoms with Crippen molar-refractivity contribution in [3.8, 4) is 5.75 Å². The second-order valence-electron chi connectivity index (χ2n) is 8.43. The normalized spacial score (nSPS) is 24.8. The van der Waals surface area contributed by atoms with E-state index in [1.807, 2.05) is 22.6 Å². The molecule has 0 spiro atoms. The van der Waals surface area contributed by atoms with Crippen LogP contribution in [-0.2, 0) is 20.4 Å². The van der Waals surface area contributed by atoms with Crippen LogP contribution in [0.3, 0.4) is 0 Å². The summed E-state index contributed by atoms with van der Waals surface area (Å²) in [4.78, 5) is 24.3. The largest absolute Gasteiger partial charge is 0.489 e. The van der Waals surface area contributed by atoms with E-state index < -0.39 is 29.9 Å². The molecule has 1 aliphatic carbocycles. The Labute approximate surface area is 213 Å². The van der Waals surface area contributed by atoms with Crippen molar-refractivity contribution < 1.29 is 42.1 Å². The summed E-state index contributed by atoms with van der Waals surface area (Å²) in [6, 6.07) is 11.7. The van der Waals surface area contributed by atoms with Gasteiger partial charge >= 0.3 is 18.1 Å². The van der Waals surface area contributed by atoms with Crippen LogP contribution >= 0.6 is 22.6 Å². The Morgan fingerprint density at radius 2 is 1.97 bits per heavy atom. The summed E-state index contributed by atoms with van der Waals surface area (Å²) in [6.45, 7) is -0.279. The summed E-state index contributed by atoms with van der Waals surface area (Å²) in [5.41, 5.74) is -0.447. The first kappa shape index (κ1) is 25.5. The van der Waals surface area contributed by atoms with Gasteiger partial charge in [-0.2, -0.15) is 13.2 Å². The zero-order valence-corrected chi connectivity index (χ0v) is 20.4. The number of hydrogen-bond donors (Lipinski definition) is 1. The van der Waals surface area contributed by atoms with E-state index in [0.717, 1.165) is 12.1 Å². The number of rotatable bonds is 7. The number of aliphatic hydroxyl groups is 1. The smallest absolute Gasteiger partial charge is 0.416 e. The average Bonchev–Trinajstić information content (AvgIpc) is 3.32. The minimum Gasteiger partial charge on any atom is -0.489 e. The monoisotopic (exact) mass is 602 g/mol. The fraction of sp³-hybridized carbons (Fsp3) is 0.360. The molecule has 35 heavy (non-hydrogen) atoms. The lowest BCUT2D eigenvalue weighted by Gasteiger charge is -2.20. The molecule has 2 fully saturated rings. The molecule has 0 aromatic heterocycles. The number of alkyl halides is 3. The summed E-state index contributed by atoms with van der Waals surface area (Å²) in [5.74, 6) is -1.39.